The highest BCUT2D eigenvalue weighted by atomic mass is 16.1. The van der Waals surface area contributed by atoms with Gasteiger partial charge in [-0.05, 0) is 17.7 Å². The summed E-state index contributed by atoms with van der Waals surface area (Å²) in [5.74, 6) is 0.434. The standard InChI is InChI=1S/C9H10N2O/c1-3-8-4-5-10-9(6-8)11-7(2)12/h3-6H,1H2,2H3,(H,10,11,12). The van der Waals surface area contributed by atoms with Crippen LogP contribution < -0.4 is 5.32 Å². The third kappa shape index (κ3) is 2.20. The van der Waals surface area contributed by atoms with Gasteiger partial charge in [-0.3, -0.25) is 4.79 Å². The molecule has 1 rings (SSSR count). The van der Waals surface area contributed by atoms with Crippen LogP contribution in [-0.2, 0) is 4.79 Å². The minimum absolute atomic E-state index is 0.122. The van der Waals surface area contributed by atoms with Crippen LogP contribution in [0.5, 0.6) is 0 Å². The van der Waals surface area contributed by atoms with Crippen LogP contribution >= 0.6 is 0 Å². The van der Waals surface area contributed by atoms with Crippen LogP contribution in [-0.4, -0.2) is 10.9 Å². The van der Waals surface area contributed by atoms with E-state index in [4.69, 9.17) is 0 Å². The Kier molecular flexibility index (Phi) is 2.58. The second kappa shape index (κ2) is 3.67. The maximum absolute atomic E-state index is 10.6. The monoisotopic (exact) mass is 162 g/mol. The van der Waals surface area contributed by atoms with Gasteiger partial charge in [-0.1, -0.05) is 12.7 Å². The van der Waals surface area contributed by atoms with Gasteiger partial charge in [0.15, 0.2) is 0 Å². The second-order valence-corrected chi connectivity index (χ2v) is 2.36. The minimum Gasteiger partial charge on any atom is -0.311 e. The molecule has 0 radical (unpaired) electrons. The molecule has 0 saturated heterocycles. The molecule has 62 valence electrons. The third-order valence-corrected chi connectivity index (χ3v) is 1.32. The molecule has 0 aromatic carbocycles. The van der Waals surface area contributed by atoms with Crippen LogP contribution in [0.3, 0.4) is 0 Å². The van der Waals surface area contributed by atoms with E-state index in [-0.39, 0.29) is 5.91 Å². The average Bonchev–Trinajstić information content (AvgIpc) is 2.03. The van der Waals surface area contributed by atoms with Crippen LogP contribution in [0.25, 0.3) is 6.08 Å². The van der Waals surface area contributed by atoms with Crippen molar-refractivity contribution >= 4 is 17.8 Å². The summed E-state index contributed by atoms with van der Waals surface area (Å²) in [6.07, 6.45) is 3.33. The molecule has 1 heterocycles. The third-order valence-electron chi connectivity index (χ3n) is 1.32. The van der Waals surface area contributed by atoms with Crippen molar-refractivity contribution in [3.8, 4) is 0 Å². The quantitative estimate of drug-likeness (QED) is 0.718. The second-order valence-electron chi connectivity index (χ2n) is 2.36. The first-order valence-corrected chi connectivity index (χ1v) is 3.58. The van der Waals surface area contributed by atoms with Gasteiger partial charge in [0.2, 0.25) is 5.91 Å². The van der Waals surface area contributed by atoms with E-state index in [1.807, 2.05) is 6.07 Å². The summed E-state index contributed by atoms with van der Waals surface area (Å²) < 4.78 is 0. The molecule has 0 aliphatic rings. The molecule has 12 heavy (non-hydrogen) atoms. The van der Waals surface area contributed by atoms with Crippen LogP contribution in [0.2, 0.25) is 0 Å². The number of hydrogen-bond acceptors (Lipinski definition) is 2. The van der Waals surface area contributed by atoms with Crippen LogP contribution in [0.4, 0.5) is 5.82 Å². The summed E-state index contributed by atoms with van der Waals surface area (Å²) in [6, 6.07) is 3.58. The van der Waals surface area contributed by atoms with E-state index in [1.54, 1.807) is 18.3 Å². The van der Waals surface area contributed by atoms with Crippen molar-refractivity contribution in [3.05, 3.63) is 30.5 Å². The maximum atomic E-state index is 10.6. The molecule has 3 nitrogen and oxygen atoms in total. The molecule has 1 N–H and O–H groups in total. The lowest BCUT2D eigenvalue weighted by atomic mass is 10.2. The molecule has 0 bridgehead atoms. The molecule has 1 amide bonds. The van der Waals surface area contributed by atoms with Crippen molar-refractivity contribution in [1.82, 2.24) is 4.98 Å². The van der Waals surface area contributed by atoms with Crippen molar-refractivity contribution in [2.24, 2.45) is 0 Å². The number of carbonyl (C=O) groups excluding carboxylic acids is 1. The van der Waals surface area contributed by atoms with Crippen molar-refractivity contribution in [2.75, 3.05) is 5.32 Å². The number of rotatable bonds is 2. The van der Waals surface area contributed by atoms with E-state index < -0.39 is 0 Å². The summed E-state index contributed by atoms with van der Waals surface area (Å²) in [4.78, 5) is 14.6. The Morgan fingerprint density at radius 2 is 2.50 bits per heavy atom. The average molecular weight is 162 g/mol. The Bertz CT molecular complexity index is 307. The summed E-state index contributed by atoms with van der Waals surface area (Å²) in [6.45, 7) is 5.06. The van der Waals surface area contributed by atoms with Gasteiger partial charge in [0.1, 0.15) is 5.82 Å². The fourth-order valence-corrected chi connectivity index (χ4v) is 0.823. The van der Waals surface area contributed by atoms with Gasteiger partial charge in [-0.25, -0.2) is 4.98 Å². The molecule has 1 aromatic rings. The Balaban J connectivity index is 2.86. The smallest absolute Gasteiger partial charge is 0.222 e. The van der Waals surface area contributed by atoms with Gasteiger partial charge < -0.3 is 5.32 Å². The van der Waals surface area contributed by atoms with E-state index in [0.717, 1.165) is 5.56 Å². The zero-order valence-corrected chi connectivity index (χ0v) is 6.87. The van der Waals surface area contributed by atoms with Crippen molar-refractivity contribution in [2.45, 2.75) is 6.92 Å². The van der Waals surface area contributed by atoms with E-state index in [2.05, 4.69) is 16.9 Å². The van der Waals surface area contributed by atoms with E-state index in [0.29, 0.717) is 5.82 Å². The molecule has 0 spiro atoms. The maximum Gasteiger partial charge on any atom is 0.222 e. The first-order valence-electron chi connectivity index (χ1n) is 3.58. The Hall–Kier alpha value is -1.64. The summed E-state index contributed by atoms with van der Waals surface area (Å²) >= 11 is 0. The van der Waals surface area contributed by atoms with E-state index in [9.17, 15) is 4.79 Å². The van der Waals surface area contributed by atoms with Crippen LogP contribution in [0, 0.1) is 0 Å². The summed E-state index contributed by atoms with van der Waals surface area (Å²) in [7, 11) is 0. The van der Waals surface area contributed by atoms with Gasteiger partial charge in [0.05, 0.1) is 0 Å². The van der Waals surface area contributed by atoms with E-state index in [1.165, 1.54) is 6.92 Å². The number of nitrogens with zero attached hydrogens (tertiary/aromatic N) is 1. The minimum atomic E-state index is -0.122. The van der Waals surface area contributed by atoms with Crippen LogP contribution in [0.15, 0.2) is 24.9 Å². The summed E-state index contributed by atoms with van der Waals surface area (Å²) in [5, 5.41) is 2.58. The molecule has 0 aliphatic carbocycles. The zero-order chi connectivity index (χ0) is 8.97. The molecule has 0 atom stereocenters. The largest absolute Gasteiger partial charge is 0.311 e. The molecular formula is C9H10N2O. The lowest BCUT2D eigenvalue weighted by Gasteiger charge is -2.00. The first kappa shape index (κ1) is 8.46. The fourth-order valence-electron chi connectivity index (χ4n) is 0.823. The summed E-state index contributed by atoms with van der Waals surface area (Å²) in [5.41, 5.74) is 0.939. The molecule has 1 aromatic heterocycles. The molecule has 0 saturated carbocycles. The Morgan fingerprint density at radius 3 is 3.08 bits per heavy atom. The first-order chi connectivity index (χ1) is 5.72. The van der Waals surface area contributed by atoms with Crippen molar-refractivity contribution < 1.29 is 4.79 Å². The van der Waals surface area contributed by atoms with E-state index >= 15 is 0 Å². The predicted molar refractivity (Wildman–Crippen MR) is 48.6 cm³/mol. The number of pyridine rings is 1. The highest BCUT2D eigenvalue weighted by molar-refractivity contribution is 5.87. The fraction of sp³-hybridized carbons (Fsp3) is 0.111. The normalized spacial score (nSPS) is 9.08. The molecule has 0 aliphatic heterocycles. The lowest BCUT2D eigenvalue weighted by Crippen LogP contribution is -2.07. The SMILES string of the molecule is C=Cc1ccnc(NC(C)=O)c1. The van der Waals surface area contributed by atoms with Gasteiger partial charge in [0, 0.05) is 13.1 Å². The van der Waals surface area contributed by atoms with Crippen molar-refractivity contribution in [1.29, 1.82) is 0 Å². The predicted octanol–water partition coefficient (Wildman–Crippen LogP) is 1.68. The van der Waals surface area contributed by atoms with Crippen LogP contribution in [0.1, 0.15) is 12.5 Å². The lowest BCUT2D eigenvalue weighted by molar-refractivity contribution is -0.114. The molecule has 3 heteroatoms. The number of carbonyl (C=O) groups is 1. The van der Waals surface area contributed by atoms with Crippen molar-refractivity contribution in [3.63, 3.8) is 0 Å². The Labute approximate surface area is 71.1 Å². The molecule has 0 fully saturated rings. The number of anilines is 1. The van der Waals surface area contributed by atoms with Gasteiger partial charge in [0.25, 0.3) is 0 Å². The Morgan fingerprint density at radius 1 is 1.75 bits per heavy atom. The van der Waals surface area contributed by atoms with Gasteiger partial charge in [-0.2, -0.15) is 0 Å². The van der Waals surface area contributed by atoms with Gasteiger partial charge in [-0.15, -0.1) is 0 Å². The topological polar surface area (TPSA) is 42.0 Å². The van der Waals surface area contributed by atoms with Gasteiger partial charge >= 0.3 is 0 Å². The molecule has 0 unspecified atom stereocenters. The zero-order valence-electron chi connectivity index (χ0n) is 6.87. The number of amides is 1. The highest BCUT2D eigenvalue weighted by Crippen LogP contribution is 2.06. The highest BCUT2D eigenvalue weighted by Gasteiger charge is 1.95. The molecular weight excluding hydrogens is 152 g/mol. The number of nitrogens with one attached hydrogen (secondary N) is 1. The number of aromatic nitrogens is 1. The number of hydrogen-bond donors (Lipinski definition) is 1.